The van der Waals surface area contributed by atoms with E-state index in [0.29, 0.717) is 23.1 Å². The molecule has 6 nitrogen and oxygen atoms in total. The van der Waals surface area contributed by atoms with Gasteiger partial charge < -0.3 is 13.9 Å². The monoisotopic (exact) mass is 367 g/mol. The molecule has 2 aromatic carbocycles. The third-order valence-corrected chi connectivity index (χ3v) is 4.57. The van der Waals surface area contributed by atoms with Crippen molar-refractivity contribution >= 4 is 34.1 Å². The summed E-state index contributed by atoms with van der Waals surface area (Å²) in [6.45, 7) is 4.09. The van der Waals surface area contributed by atoms with Crippen LogP contribution in [0.15, 0.2) is 40.8 Å². The second kappa shape index (κ2) is 7.00. The Balaban J connectivity index is 1.60. The van der Waals surface area contributed by atoms with E-state index in [-0.39, 0.29) is 5.82 Å². The van der Waals surface area contributed by atoms with Crippen LogP contribution < -0.4 is 5.32 Å². The summed E-state index contributed by atoms with van der Waals surface area (Å²) in [5.74, 6) is 0.236. The number of nitrogens with one attached hydrogen (secondary N) is 1. The molecule has 0 radical (unpaired) electrons. The Labute approximate surface area is 156 Å². The molecule has 1 N–H and O–H groups in total. The van der Waals surface area contributed by atoms with E-state index in [0.717, 1.165) is 30.5 Å². The molecule has 27 heavy (non-hydrogen) atoms. The molecule has 0 unspecified atom stereocenters. The Morgan fingerprint density at radius 1 is 1.15 bits per heavy atom. The van der Waals surface area contributed by atoms with Gasteiger partial charge in [0, 0.05) is 19.7 Å². The van der Waals surface area contributed by atoms with Crippen LogP contribution in [0.5, 0.6) is 0 Å². The van der Waals surface area contributed by atoms with Crippen molar-refractivity contribution in [3.8, 4) is 0 Å². The predicted octanol–water partition coefficient (Wildman–Crippen LogP) is 4.44. The molecule has 0 fully saturated rings. The summed E-state index contributed by atoms with van der Waals surface area (Å²) >= 11 is 0. The minimum Gasteiger partial charge on any atom is -0.423 e. The quantitative estimate of drug-likeness (QED) is 0.546. The van der Waals surface area contributed by atoms with Crippen LogP contribution >= 0.6 is 0 Å². The van der Waals surface area contributed by atoms with Crippen molar-refractivity contribution < 1.29 is 8.81 Å². The Morgan fingerprint density at radius 3 is 2.81 bits per heavy atom. The predicted molar refractivity (Wildman–Crippen MR) is 105 cm³/mol. The smallest absolute Gasteiger partial charge is 0.302 e. The molecular weight excluding hydrogens is 345 g/mol. The second-order valence-electron chi connectivity index (χ2n) is 6.81. The first-order valence-corrected chi connectivity index (χ1v) is 9.00. The number of nitrogens with zero attached hydrogens (tertiary/aromatic N) is 4. The van der Waals surface area contributed by atoms with Gasteiger partial charge in [-0.05, 0) is 49.8 Å². The fourth-order valence-corrected chi connectivity index (χ4v) is 3.28. The van der Waals surface area contributed by atoms with E-state index in [9.17, 15) is 4.39 Å². The molecule has 0 aliphatic rings. The van der Waals surface area contributed by atoms with Crippen LogP contribution in [-0.4, -0.2) is 33.0 Å². The van der Waals surface area contributed by atoms with Crippen LogP contribution in [0.25, 0.3) is 22.1 Å². The van der Waals surface area contributed by atoms with Gasteiger partial charge in [-0.2, -0.15) is 4.98 Å². The average molecular weight is 367 g/mol. The lowest BCUT2D eigenvalue weighted by Crippen LogP contribution is -2.18. The second-order valence-corrected chi connectivity index (χ2v) is 6.81. The van der Waals surface area contributed by atoms with Crippen LogP contribution in [0, 0.1) is 5.82 Å². The van der Waals surface area contributed by atoms with Crippen molar-refractivity contribution in [3.05, 3.63) is 47.8 Å². The summed E-state index contributed by atoms with van der Waals surface area (Å²) < 4.78 is 21.0. The molecule has 4 rings (SSSR count). The minimum absolute atomic E-state index is 0.311. The van der Waals surface area contributed by atoms with E-state index in [4.69, 9.17) is 4.42 Å². The Hall–Kier alpha value is -2.93. The summed E-state index contributed by atoms with van der Waals surface area (Å²) in [5, 5.41) is 3.09. The number of imidazole rings is 1. The van der Waals surface area contributed by atoms with Gasteiger partial charge in [-0.3, -0.25) is 5.32 Å². The molecule has 0 amide bonds. The van der Waals surface area contributed by atoms with Gasteiger partial charge in [-0.15, -0.1) is 0 Å². The third kappa shape index (κ3) is 3.50. The molecule has 0 aliphatic heterocycles. The first-order valence-electron chi connectivity index (χ1n) is 9.00. The SMILES string of the molecule is CCCN(C)Cc1ccc2oc(Nc3nc4cc(F)ccc4n3C)nc2c1. The standard InChI is InChI=1S/C20H22FN5O/c1-4-9-25(2)12-13-5-8-18-16(10-13)23-20(27-18)24-19-22-15-11-14(21)6-7-17(15)26(19)3/h5-8,10-11H,4,9,12H2,1-3H3,(H,22,23,24). The van der Waals surface area contributed by atoms with E-state index < -0.39 is 0 Å². The fraction of sp³-hybridized carbons (Fsp3) is 0.300. The van der Waals surface area contributed by atoms with Gasteiger partial charge in [-0.1, -0.05) is 13.0 Å². The molecule has 2 aromatic heterocycles. The largest absolute Gasteiger partial charge is 0.423 e. The highest BCUT2D eigenvalue weighted by atomic mass is 19.1. The van der Waals surface area contributed by atoms with Crippen LogP contribution in [0.4, 0.5) is 16.4 Å². The highest BCUT2D eigenvalue weighted by molar-refractivity contribution is 5.80. The molecule has 0 saturated carbocycles. The number of fused-ring (bicyclic) bond motifs is 2. The van der Waals surface area contributed by atoms with Crippen LogP contribution in [0.2, 0.25) is 0 Å². The molecule has 140 valence electrons. The highest BCUT2D eigenvalue weighted by Gasteiger charge is 2.13. The third-order valence-electron chi connectivity index (χ3n) is 4.57. The molecule has 0 aliphatic carbocycles. The molecule has 0 atom stereocenters. The van der Waals surface area contributed by atoms with Gasteiger partial charge in [0.05, 0.1) is 11.0 Å². The Morgan fingerprint density at radius 2 is 2.00 bits per heavy atom. The van der Waals surface area contributed by atoms with Gasteiger partial charge in [0.25, 0.3) is 0 Å². The normalized spacial score (nSPS) is 11.7. The van der Waals surface area contributed by atoms with Gasteiger partial charge in [-0.25, -0.2) is 9.37 Å². The lowest BCUT2D eigenvalue weighted by Gasteiger charge is -2.14. The number of halogens is 1. The lowest BCUT2D eigenvalue weighted by molar-refractivity contribution is 0.327. The van der Waals surface area contributed by atoms with Crippen molar-refractivity contribution in [1.82, 2.24) is 19.4 Å². The van der Waals surface area contributed by atoms with Crippen LogP contribution in [-0.2, 0) is 13.6 Å². The number of aryl methyl sites for hydroxylation is 1. The number of aromatic nitrogens is 3. The van der Waals surface area contributed by atoms with Crippen molar-refractivity contribution in [2.45, 2.75) is 19.9 Å². The molecular formula is C20H22FN5O. The summed E-state index contributed by atoms with van der Waals surface area (Å²) in [7, 11) is 3.97. The number of rotatable bonds is 6. The van der Waals surface area contributed by atoms with Gasteiger partial charge in [0.15, 0.2) is 5.58 Å². The Bertz CT molecular complexity index is 1100. The minimum atomic E-state index is -0.311. The van der Waals surface area contributed by atoms with E-state index in [1.54, 1.807) is 6.07 Å². The van der Waals surface area contributed by atoms with E-state index in [1.807, 2.05) is 23.7 Å². The van der Waals surface area contributed by atoms with E-state index in [1.165, 1.54) is 17.7 Å². The van der Waals surface area contributed by atoms with Gasteiger partial charge in [0.2, 0.25) is 5.95 Å². The highest BCUT2D eigenvalue weighted by Crippen LogP contribution is 2.25. The van der Waals surface area contributed by atoms with E-state index >= 15 is 0 Å². The average Bonchev–Trinajstić information content (AvgIpc) is 3.15. The van der Waals surface area contributed by atoms with Crippen LogP contribution in [0.1, 0.15) is 18.9 Å². The molecule has 0 spiro atoms. The zero-order chi connectivity index (χ0) is 19.0. The zero-order valence-electron chi connectivity index (χ0n) is 15.7. The molecule has 0 bridgehead atoms. The summed E-state index contributed by atoms with van der Waals surface area (Å²) in [4.78, 5) is 11.2. The fourth-order valence-electron chi connectivity index (χ4n) is 3.28. The maximum absolute atomic E-state index is 13.4. The first-order chi connectivity index (χ1) is 13.0. The van der Waals surface area contributed by atoms with Crippen molar-refractivity contribution in [3.63, 3.8) is 0 Å². The molecule has 0 saturated heterocycles. The van der Waals surface area contributed by atoms with Gasteiger partial charge >= 0.3 is 6.01 Å². The van der Waals surface area contributed by atoms with E-state index in [2.05, 4.69) is 40.2 Å². The van der Waals surface area contributed by atoms with Crippen molar-refractivity contribution in [2.75, 3.05) is 18.9 Å². The van der Waals surface area contributed by atoms with Gasteiger partial charge in [0.1, 0.15) is 11.3 Å². The summed E-state index contributed by atoms with van der Waals surface area (Å²) in [6, 6.07) is 10.9. The van der Waals surface area contributed by atoms with Crippen LogP contribution in [0.3, 0.4) is 0 Å². The lowest BCUT2D eigenvalue weighted by atomic mass is 10.2. The molecule has 4 aromatic rings. The topological polar surface area (TPSA) is 59.1 Å². The zero-order valence-corrected chi connectivity index (χ0v) is 15.7. The number of anilines is 2. The maximum Gasteiger partial charge on any atom is 0.302 e. The first kappa shape index (κ1) is 17.5. The number of hydrogen-bond donors (Lipinski definition) is 1. The number of hydrogen-bond acceptors (Lipinski definition) is 5. The number of oxazole rings is 1. The van der Waals surface area contributed by atoms with Crippen molar-refractivity contribution in [2.24, 2.45) is 7.05 Å². The molecule has 2 heterocycles. The maximum atomic E-state index is 13.4. The summed E-state index contributed by atoms with van der Waals surface area (Å²) in [5.41, 5.74) is 4.11. The number of benzene rings is 2. The summed E-state index contributed by atoms with van der Waals surface area (Å²) in [6.07, 6.45) is 1.12. The van der Waals surface area contributed by atoms with Crippen molar-refractivity contribution in [1.29, 1.82) is 0 Å². The Kier molecular flexibility index (Phi) is 4.53. The molecule has 7 heteroatoms.